The summed E-state index contributed by atoms with van der Waals surface area (Å²) in [5, 5.41) is 10.0. The number of esters is 1. The van der Waals surface area contributed by atoms with Gasteiger partial charge in [0, 0.05) is 17.0 Å². The second kappa shape index (κ2) is 8.68. The molecule has 138 valence electrons. The molecule has 0 amide bonds. The molecule has 25 heavy (non-hydrogen) atoms. The van der Waals surface area contributed by atoms with Crippen molar-refractivity contribution in [1.82, 2.24) is 0 Å². The lowest BCUT2D eigenvalue weighted by atomic mass is 9.58. The quantitative estimate of drug-likeness (QED) is 0.691. The van der Waals surface area contributed by atoms with Gasteiger partial charge in [-0.1, -0.05) is 48.5 Å². The Labute approximate surface area is 159 Å². The number of hydrogen-bond acceptors (Lipinski definition) is 3. The lowest BCUT2D eigenvalue weighted by molar-refractivity contribution is -0.0490. The third-order valence-corrected chi connectivity index (χ3v) is 7.03. The summed E-state index contributed by atoms with van der Waals surface area (Å²) in [6.07, 6.45) is 7.46. The fourth-order valence-corrected chi connectivity index (χ4v) is 5.43. The summed E-state index contributed by atoms with van der Waals surface area (Å²) in [5.74, 6) is 2.22. The first kappa shape index (κ1) is 18.9. The number of aliphatic hydroxyl groups is 1. The maximum Gasteiger partial charge on any atom is 0.338 e. The van der Waals surface area contributed by atoms with Gasteiger partial charge in [0.15, 0.2) is 0 Å². The smallest absolute Gasteiger partial charge is 0.338 e. The number of benzene rings is 1. The van der Waals surface area contributed by atoms with Crippen molar-refractivity contribution in [2.75, 3.05) is 13.2 Å². The fraction of sp³-hybridized carbons (Fsp3) is 0.667. The summed E-state index contributed by atoms with van der Waals surface area (Å²) in [7, 11) is 0. The Bertz CT molecular complexity index is 565. The fourth-order valence-electron chi connectivity index (χ4n) is 5.17. The van der Waals surface area contributed by atoms with Crippen LogP contribution in [0.3, 0.4) is 0 Å². The molecule has 0 radical (unpaired) electrons. The highest BCUT2D eigenvalue weighted by molar-refractivity contribution is 9.10. The molecule has 1 aromatic carbocycles. The lowest BCUT2D eigenvalue weighted by Gasteiger charge is -2.48. The standard InChI is InChI=1S/C21H29BrO3/c1-2-14-11-16-5-3-4-6-18(16)20(19(14)12-23)13-25-21(24)15-7-9-17(22)10-8-15/h7-10,14,16,18-20,23H,2-6,11-13H2,1H3. The van der Waals surface area contributed by atoms with Crippen LogP contribution < -0.4 is 0 Å². The molecule has 2 saturated carbocycles. The zero-order valence-corrected chi connectivity index (χ0v) is 16.6. The molecule has 1 N–H and O–H groups in total. The molecule has 4 heteroatoms. The Morgan fingerprint density at radius 3 is 2.60 bits per heavy atom. The van der Waals surface area contributed by atoms with E-state index in [0.717, 1.165) is 16.8 Å². The molecule has 2 aliphatic carbocycles. The summed E-state index contributed by atoms with van der Waals surface area (Å²) in [6, 6.07) is 7.29. The average molecular weight is 409 g/mol. The molecule has 2 fully saturated rings. The van der Waals surface area contributed by atoms with E-state index in [0.29, 0.717) is 29.9 Å². The molecular weight excluding hydrogens is 380 g/mol. The predicted octanol–water partition coefficient (Wildman–Crippen LogP) is 5.07. The highest BCUT2D eigenvalue weighted by Gasteiger charge is 2.44. The highest BCUT2D eigenvalue weighted by Crippen LogP contribution is 2.49. The van der Waals surface area contributed by atoms with Crippen LogP contribution in [0, 0.1) is 29.6 Å². The second-order valence-corrected chi connectivity index (χ2v) is 8.64. The van der Waals surface area contributed by atoms with E-state index in [1.54, 1.807) is 12.1 Å². The molecule has 0 aliphatic heterocycles. The van der Waals surface area contributed by atoms with Crippen molar-refractivity contribution in [2.24, 2.45) is 29.6 Å². The van der Waals surface area contributed by atoms with E-state index in [2.05, 4.69) is 22.9 Å². The number of hydrogen-bond donors (Lipinski definition) is 1. The second-order valence-electron chi connectivity index (χ2n) is 7.73. The number of ether oxygens (including phenoxy) is 1. The minimum Gasteiger partial charge on any atom is -0.462 e. The first-order chi connectivity index (χ1) is 12.1. The maximum absolute atomic E-state index is 12.4. The summed E-state index contributed by atoms with van der Waals surface area (Å²) in [5.41, 5.74) is 0.590. The Balaban J connectivity index is 1.70. The number of carbonyl (C=O) groups is 1. The number of carbonyl (C=O) groups excluding carboxylic acids is 1. The van der Waals surface area contributed by atoms with Crippen LogP contribution in [-0.2, 0) is 4.74 Å². The molecule has 3 nitrogen and oxygen atoms in total. The van der Waals surface area contributed by atoms with Crippen LogP contribution in [0.2, 0.25) is 0 Å². The Morgan fingerprint density at radius 1 is 1.20 bits per heavy atom. The van der Waals surface area contributed by atoms with Crippen molar-refractivity contribution in [3.05, 3.63) is 34.3 Å². The SMILES string of the molecule is CCC1CC2CCCCC2C(COC(=O)c2ccc(Br)cc2)C1CO. The first-order valence-electron chi connectivity index (χ1n) is 9.67. The van der Waals surface area contributed by atoms with Crippen molar-refractivity contribution in [3.8, 4) is 0 Å². The lowest BCUT2D eigenvalue weighted by Crippen LogP contribution is -2.45. The monoisotopic (exact) mass is 408 g/mol. The van der Waals surface area contributed by atoms with Gasteiger partial charge < -0.3 is 9.84 Å². The zero-order chi connectivity index (χ0) is 17.8. The molecule has 0 spiro atoms. The number of halogens is 1. The van der Waals surface area contributed by atoms with Crippen LogP contribution >= 0.6 is 15.9 Å². The molecule has 0 heterocycles. The van der Waals surface area contributed by atoms with Gasteiger partial charge in [0.1, 0.15) is 0 Å². The Morgan fingerprint density at radius 2 is 1.92 bits per heavy atom. The van der Waals surface area contributed by atoms with Gasteiger partial charge in [0.2, 0.25) is 0 Å². The van der Waals surface area contributed by atoms with E-state index in [1.165, 1.54) is 32.1 Å². The van der Waals surface area contributed by atoms with Crippen molar-refractivity contribution in [1.29, 1.82) is 0 Å². The van der Waals surface area contributed by atoms with E-state index in [9.17, 15) is 9.90 Å². The number of aliphatic hydroxyl groups excluding tert-OH is 1. The topological polar surface area (TPSA) is 46.5 Å². The van der Waals surface area contributed by atoms with Gasteiger partial charge >= 0.3 is 5.97 Å². The number of rotatable bonds is 5. The summed E-state index contributed by atoms with van der Waals surface area (Å²) in [6.45, 7) is 2.88. The third-order valence-electron chi connectivity index (χ3n) is 6.50. The van der Waals surface area contributed by atoms with Gasteiger partial charge in [0.25, 0.3) is 0 Å². The summed E-state index contributed by atoms with van der Waals surface area (Å²) >= 11 is 3.39. The Hall–Kier alpha value is -0.870. The van der Waals surface area contributed by atoms with Crippen molar-refractivity contribution >= 4 is 21.9 Å². The van der Waals surface area contributed by atoms with Crippen molar-refractivity contribution in [2.45, 2.75) is 45.4 Å². The van der Waals surface area contributed by atoms with Gasteiger partial charge in [0.05, 0.1) is 12.2 Å². The Kier molecular flexibility index (Phi) is 6.56. The molecule has 5 atom stereocenters. The first-order valence-corrected chi connectivity index (χ1v) is 10.5. The van der Waals surface area contributed by atoms with Crippen LogP contribution in [0.1, 0.15) is 55.8 Å². The van der Waals surface area contributed by atoms with Crippen LogP contribution in [0.4, 0.5) is 0 Å². The predicted molar refractivity (Wildman–Crippen MR) is 102 cm³/mol. The maximum atomic E-state index is 12.4. The van der Waals surface area contributed by atoms with Gasteiger partial charge in [-0.2, -0.15) is 0 Å². The molecule has 0 aromatic heterocycles. The van der Waals surface area contributed by atoms with Crippen LogP contribution in [0.15, 0.2) is 28.7 Å². The molecule has 3 rings (SSSR count). The van der Waals surface area contributed by atoms with Crippen molar-refractivity contribution in [3.63, 3.8) is 0 Å². The molecule has 1 aromatic rings. The molecule has 0 bridgehead atoms. The van der Waals surface area contributed by atoms with Crippen LogP contribution in [-0.4, -0.2) is 24.3 Å². The van der Waals surface area contributed by atoms with Gasteiger partial charge in [-0.05, 0) is 60.8 Å². The van der Waals surface area contributed by atoms with E-state index in [-0.39, 0.29) is 18.5 Å². The normalized spacial score (nSPS) is 32.0. The third kappa shape index (κ3) is 4.28. The van der Waals surface area contributed by atoms with Gasteiger partial charge in [-0.3, -0.25) is 0 Å². The van der Waals surface area contributed by atoms with Gasteiger partial charge in [-0.15, -0.1) is 0 Å². The van der Waals surface area contributed by atoms with Crippen LogP contribution in [0.5, 0.6) is 0 Å². The average Bonchev–Trinajstić information content (AvgIpc) is 2.65. The van der Waals surface area contributed by atoms with Gasteiger partial charge in [-0.25, -0.2) is 4.79 Å². The highest BCUT2D eigenvalue weighted by atomic mass is 79.9. The largest absolute Gasteiger partial charge is 0.462 e. The molecule has 0 saturated heterocycles. The molecule has 2 aliphatic rings. The molecular formula is C21H29BrO3. The molecule has 5 unspecified atom stereocenters. The van der Waals surface area contributed by atoms with E-state index >= 15 is 0 Å². The van der Waals surface area contributed by atoms with E-state index < -0.39 is 0 Å². The summed E-state index contributed by atoms with van der Waals surface area (Å²) in [4.78, 5) is 12.4. The minimum absolute atomic E-state index is 0.211. The summed E-state index contributed by atoms with van der Waals surface area (Å²) < 4.78 is 6.67. The van der Waals surface area contributed by atoms with E-state index in [4.69, 9.17) is 4.74 Å². The van der Waals surface area contributed by atoms with E-state index in [1.807, 2.05) is 12.1 Å². The van der Waals surface area contributed by atoms with Crippen molar-refractivity contribution < 1.29 is 14.6 Å². The minimum atomic E-state index is -0.254. The zero-order valence-electron chi connectivity index (χ0n) is 15.0. The number of fused-ring (bicyclic) bond motifs is 1. The van der Waals surface area contributed by atoms with Crippen LogP contribution in [0.25, 0.3) is 0 Å².